The van der Waals surface area contributed by atoms with Gasteiger partial charge in [-0.1, -0.05) is 18.2 Å². The quantitative estimate of drug-likeness (QED) is 0.759. The molecule has 0 N–H and O–H groups in total. The van der Waals surface area contributed by atoms with Crippen LogP contribution in [0.25, 0.3) is 0 Å². The molecule has 1 aliphatic heterocycles. The molecule has 0 radical (unpaired) electrons. The van der Waals surface area contributed by atoms with Gasteiger partial charge in [-0.2, -0.15) is 0 Å². The molecule has 1 aromatic carbocycles. The Hall–Kier alpha value is -1.88. The fourth-order valence-corrected chi connectivity index (χ4v) is 1.85. The Balaban J connectivity index is 0.000000200. The van der Waals surface area contributed by atoms with Gasteiger partial charge in [-0.05, 0) is 19.2 Å². The van der Waals surface area contributed by atoms with Gasteiger partial charge in [0.1, 0.15) is 0 Å². The molecular formula is C15H23N3O2. The number of likely N-dealkylation sites (N-methyl/N-ethyl adjacent to an activating group) is 1. The van der Waals surface area contributed by atoms with Gasteiger partial charge in [0.05, 0.1) is 0 Å². The van der Waals surface area contributed by atoms with Crippen LogP contribution < -0.4 is 4.90 Å². The second kappa shape index (κ2) is 8.32. The van der Waals surface area contributed by atoms with Gasteiger partial charge < -0.3 is 14.7 Å². The fourth-order valence-electron chi connectivity index (χ4n) is 1.85. The van der Waals surface area contributed by atoms with Gasteiger partial charge in [-0.15, -0.1) is 0 Å². The van der Waals surface area contributed by atoms with Gasteiger partial charge in [0.2, 0.25) is 12.3 Å². The lowest BCUT2D eigenvalue weighted by molar-refractivity contribution is -0.130. The third-order valence-corrected chi connectivity index (χ3v) is 3.27. The molecule has 2 amide bonds. The molecule has 1 fully saturated rings. The van der Waals surface area contributed by atoms with Crippen LogP contribution in [0.15, 0.2) is 30.3 Å². The van der Waals surface area contributed by atoms with Gasteiger partial charge in [0, 0.05) is 45.8 Å². The first-order valence-corrected chi connectivity index (χ1v) is 6.72. The van der Waals surface area contributed by atoms with Crippen LogP contribution in [-0.2, 0) is 9.59 Å². The highest BCUT2D eigenvalue weighted by Gasteiger charge is 2.14. The summed E-state index contributed by atoms with van der Waals surface area (Å²) in [6, 6.07) is 9.48. The van der Waals surface area contributed by atoms with Crippen LogP contribution in [0.1, 0.15) is 6.92 Å². The first-order chi connectivity index (χ1) is 9.54. The number of hydrogen-bond donors (Lipinski definition) is 0. The summed E-state index contributed by atoms with van der Waals surface area (Å²) in [6.45, 7) is 5.45. The molecule has 0 unspecified atom stereocenters. The zero-order valence-corrected chi connectivity index (χ0v) is 12.5. The average Bonchev–Trinajstić information content (AvgIpc) is 2.48. The van der Waals surface area contributed by atoms with Crippen molar-refractivity contribution in [1.82, 2.24) is 9.80 Å². The number of hydrogen-bond acceptors (Lipinski definition) is 3. The molecule has 0 spiro atoms. The first-order valence-electron chi connectivity index (χ1n) is 6.72. The number of rotatable bonds is 2. The van der Waals surface area contributed by atoms with Crippen molar-refractivity contribution < 1.29 is 9.59 Å². The molecule has 1 aromatic rings. The van der Waals surface area contributed by atoms with E-state index in [1.807, 2.05) is 35.2 Å². The van der Waals surface area contributed by atoms with Crippen LogP contribution >= 0.6 is 0 Å². The Morgan fingerprint density at radius 1 is 1.15 bits per heavy atom. The van der Waals surface area contributed by atoms with Crippen molar-refractivity contribution >= 4 is 18.0 Å². The summed E-state index contributed by atoms with van der Waals surface area (Å²) in [6.07, 6.45) is 0.787. The SMILES string of the molecule is CC(=O)N1CCN(C)CC1.CN(C=O)c1ccccc1. The van der Waals surface area contributed by atoms with Crippen molar-refractivity contribution in [2.24, 2.45) is 0 Å². The Kier molecular flexibility index (Phi) is 6.73. The molecule has 110 valence electrons. The zero-order valence-electron chi connectivity index (χ0n) is 12.5. The highest BCUT2D eigenvalue weighted by atomic mass is 16.2. The van der Waals surface area contributed by atoms with E-state index >= 15 is 0 Å². The molecule has 1 aliphatic rings. The molecule has 1 saturated heterocycles. The summed E-state index contributed by atoms with van der Waals surface area (Å²) in [7, 11) is 3.81. The summed E-state index contributed by atoms with van der Waals surface area (Å²) in [4.78, 5) is 26.7. The average molecular weight is 277 g/mol. The number of anilines is 1. The lowest BCUT2D eigenvalue weighted by Gasteiger charge is -2.31. The van der Waals surface area contributed by atoms with Crippen LogP contribution in [-0.4, -0.2) is 62.4 Å². The summed E-state index contributed by atoms with van der Waals surface area (Å²) in [5.41, 5.74) is 0.914. The highest BCUT2D eigenvalue weighted by Crippen LogP contribution is 2.07. The largest absolute Gasteiger partial charge is 0.340 e. The number of benzene rings is 1. The predicted octanol–water partition coefficient (Wildman–Crippen LogP) is 1.06. The number of amides is 2. The number of nitrogens with zero attached hydrogens (tertiary/aromatic N) is 3. The van der Waals surface area contributed by atoms with Crippen molar-refractivity contribution in [1.29, 1.82) is 0 Å². The maximum atomic E-state index is 10.8. The van der Waals surface area contributed by atoms with E-state index in [2.05, 4.69) is 11.9 Å². The maximum absolute atomic E-state index is 10.8. The molecule has 1 heterocycles. The molecule has 0 saturated carbocycles. The van der Waals surface area contributed by atoms with Crippen LogP contribution in [0.4, 0.5) is 5.69 Å². The Bertz CT molecular complexity index is 414. The topological polar surface area (TPSA) is 43.9 Å². The smallest absolute Gasteiger partial charge is 0.219 e. The molecular weight excluding hydrogens is 254 g/mol. The van der Waals surface area contributed by atoms with Crippen LogP contribution in [0.2, 0.25) is 0 Å². The fraction of sp³-hybridized carbons (Fsp3) is 0.467. The highest BCUT2D eigenvalue weighted by molar-refractivity contribution is 5.74. The minimum absolute atomic E-state index is 0.202. The maximum Gasteiger partial charge on any atom is 0.219 e. The standard InChI is InChI=1S/C8H9NO.C7H14N2O/c1-9(7-10)8-5-3-2-4-6-8;1-7(10)9-5-3-8(2)4-6-9/h2-7H,1H3;3-6H2,1-2H3. The number of carbonyl (C=O) groups excluding carboxylic acids is 2. The first kappa shape index (κ1) is 16.2. The summed E-state index contributed by atoms with van der Waals surface area (Å²) in [5, 5.41) is 0. The van der Waals surface area contributed by atoms with Crippen molar-refractivity contribution in [2.45, 2.75) is 6.92 Å². The predicted molar refractivity (Wildman–Crippen MR) is 80.7 cm³/mol. The van der Waals surface area contributed by atoms with Gasteiger partial charge in [0.25, 0.3) is 0 Å². The van der Waals surface area contributed by atoms with Crippen molar-refractivity contribution in [3.05, 3.63) is 30.3 Å². The molecule has 0 bridgehead atoms. The molecule has 5 nitrogen and oxygen atoms in total. The van der Waals surface area contributed by atoms with Crippen LogP contribution in [0, 0.1) is 0 Å². The summed E-state index contributed by atoms with van der Waals surface area (Å²) >= 11 is 0. The lowest BCUT2D eigenvalue weighted by atomic mass is 10.3. The molecule has 0 atom stereocenters. The third kappa shape index (κ3) is 5.40. The lowest BCUT2D eigenvalue weighted by Crippen LogP contribution is -2.46. The van der Waals surface area contributed by atoms with E-state index in [9.17, 15) is 9.59 Å². The van der Waals surface area contributed by atoms with E-state index in [-0.39, 0.29) is 5.91 Å². The molecule has 5 heteroatoms. The zero-order chi connectivity index (χ0) is 15.0. The number of piperazine rings is 1. The van der Waals surface area contributed by atoms with Crippen molar-refractivity contribution in [3.63, 3.8) is 0 Å². The summed E-state index contributed by atoms with van der Waals surface area (Å²) in [5.74, 6) is 0.202. The number of para-hydroxylation sites is 1. The van der Waals surface area contributed by atoms with E-state index in [1.165, 1.54) is 4.90 Å². The minimum atomic E-state index is 0.202. The third-order valence-electron chi connectivity index (χ3n) is 3.27. The normalized spacial score (nSPS) is 15.1. The Labute approximate surface area is 120 Å². The van der Waals surface area contributed by atoms with E-state index in [1.54, 1.807) is 14.0 Å². The van der Waals surface area contributed by atoms with E-state index < -0.39 is 0 Å². The summed E-state index contributed by atoms with van der Waals surface area (Å²) < 4.78 is 0. The van der Waals surface area contributed by atoms with E-state index in [0.29, 0.717) is 0 Å². The van der Waals surface area contributed by atoms with Crippen LogP contribution in [0.5, 0.6) is 0 Å². The van der Waals surface area contributed by atoms with Gasteiger partial charge >= 0.3 is 0 Å². The second-order valence-corrected chi connectivity index (χ2v) is 4.86. The van der Waals surface area contributed by atoms with Gasteiger partial charge in [0.15, 0.2) is 0 Å². The van der Waals surface area contributed by atoms with E-state index in [0.717, 1.165) is 38.3 Å². The van der Waals surface area contributed by atoms with Gasteiger partial charge in [-0.3, -0.25) is 9.59 Å². The minimum Gasteiger partial charge on any atom is -0.340 e. The molecule has 2 rings (SSSR count). The molecule has 20 heavy (non-hydrogen) atoms. The molecule has 0 aromatic heterocycles. The number of carbonyl (C=O) groups is 2. The van der Waals surface area contributed by atoms with Crippen molar-refractivity contribution in [3.8, 4) is 0 Å². The van der Waals surface area contributed by atoms with Crippen molar-refractivity contribution in [2.75, 3.05) is 45.2 Å². The Morgan fingerprint density at radius 2 is 1.70 bits per heavy atom. The van der Waals surface area contributed by atoms with Gasteiger partial charge in [-0.25, -0.2) is 0 Å². The molecule has 0 aliphatic carbocycles. The van der Waals surface area contributed by atoms with Crippen LogP contribution in [0.3, 0.4) is 0 Å². The monoisotopic (exact) mass is 277 g/mol. The second-order valence-electron chi connectivity index (χ2n) is 4.86. The van der Waals surface area contributed by atoms with E-state index in [4.69, 9.17) is 0 Å². The Morgan fingerprint density at radius 3 is 2.15 bits per heavy atom.